The summed E-state index contributed by atoms with van der Waals surface area (Å²) >= 11 is 0. The van der Waals surface area contributed by atoms with Gasteiger partial charge >= 0.3 is 0 Å². The zero-order valence-corrected chi connectivity index (χ0v) is 8.89. The number of nitrogens with zero attached hydrogens (tertiary/aromatic N) is 1. The van der Waals surface area contributed by atoms with Crippen LogP contribution in [-0.2, 0) is 0 Å². The Kier molecular flexibility index (Phi) is 2.97. The summed E-state index contributed by atoms with van der Waals surface area (Å²) in [6.07, 6.45) is 2.30. The molecule has 82 valence electrons. The standard InChI is InChI=1S/C13H12FNO/c1-9-8-15-7-6-10(9)13(16)11-4-2-3-5-12(11)14/h2-8,13,16H,1H3. The molecule has 1 unspecified atom stereocenters. The molecule has 1 aromatic carbocycles. The van der Waals surface area contributed by atoms with E-state index in [2.05, 4.69) is 4.98 Å². The summed E-state index contributed by atoms with van der Waals surface area (Å²) in [4.78, 5) is 3.94. The van der Waals surface area contributed by atoms with Crippen LogP contribution in [0.1, 0.15) is 22.8 Å². The molecule has 0 radical (unpaired) electrons. The van der Waals surface area contributed by atoms with Gasteiger partial charge in [0, 0.05) is 18.0 Å². The summed E-state index contributed by atoms with van der Waals surface area (Å²) in [7, 11) is 0. The van der Waals surface area contributed by atoms with Gasteiger partial charge < -0.3 is 5.11 Å². The molecule has 3 heteroatoms. The fourth-order valence-electron chi connectivity index (χ4n) is 1.66. The predicted molar refractivity (Wildman–Crippen MR) is 59.4 cm³/mol. The molecule has 1 atom stereocenters. The Bertz CT molecular complexity index is 453. The van der Waals surface area contributed by atoms with Gasteiger partial charge in [0.1, 0.15) is 11.9 Å². The van der Waals surface area contributed by atoms with Crippen molar-refractivity contribution in [2.45, 2.75) is 13.0 Å². The average Bonchev–Trinajstić information content (AvgIpc) is 2.29. The lowest BCUT2D eigenvalue weighted by atomic mass is 9.99. The second-order valence-corrected chi connectivity index (χ2v) is 3.66. The lowest BCUT2D eigenvalue weighted by Crippen LogP contribution is -2.04. The summed E-state index contributed by atoms with van der Waals surface area (Å²) in [5, 5.41) is 10.1. The highest BCUT2D eigenvalue weighted by Gasteiger charge is 2.15. The third kappa shape index (κ3) is 1.95. The highest BCUT2D eigenvalue weighted by Crippen LogP contribution is 2.25. The number of hydrogen-bond acceptors (Lipinski definition) is 2. The van der Waals surface area contributed by atoms with E-state index in [4.69, 9.17) is 0 Å². The normalized spacial score (nSPS) is 12.4. The van der Waals surface area contributed by atoms with Gasteiger partial charge in [-0.1, -0.05) is 18.2 Å². The Morgan fingerprint density at radius 2 is 1.94 bits per heavy atom. The van der Waals surface area contributed by atoms with Gasteiger partial charge in [0.15, 0.2) is 0 Å². The van der Waals surface area contributed by atoms with Crippen molar-refractivity contribution >= 4 is 0 Å². The molecule has 1 aromatic heterocycles. The van der Waals surface area contributed by atoms with Gasteiger partial charge in [-0.05, 0) is 30.2 Å². The van der Waals surface area contributed by atoms with Crippen LogP contribution in [0.2, 0.25) is 0 Å². The van der Waals surface area contributed by atoms with E-state index in [0.717, 1.165) is 5.56 Å². The maximum absolute atomic E-state index is 13.5. The maximum Gasteiger partial charge on any atom is 0.129 e. The van der Waals surface area contributed by atoms with Crippen LogP contribution in [0.4, 0.5) is 4.39 Å². The molecular formula is C13H12FNO. The van der Waals surface area contributed by atoms with E-state index >= 15 is 0 Å². The van der Waals surface area contributed by atoms with Crippen LogP contribution in [0.25, 0.3) is 0 Å². The maximum atomic E-state index is 13.5. The number of aromatic nitrogens is 1. The Morgan fingerprint density at radius 3 is 2.62 bits per heavy atom. The van der Waals surface area contributed by atoms with E-state index in [0.29, 0.717) is 5.56 Å². The number of aliphatic hydroxyl groups excluding tert-OH is 1. The molecule has 0 saturated heterocycles. The van der Waals surface area contributed by atoms with Gasteiger partial charge in [-0.2, -0.15) is 0 Å². The Labute approximate surface area is 93.4 Å². The molecule has 0 fully saturated rings. The molecule has 0 aliphatic heterocycles. The number of halogens is 1. The lowest BCUT2D eigenvalue weighted by Gasteiger charge is -2.14. The highest BCUT2D eigenvalue weighted by molar-refractivity contribution is 5.33. The Balaban J connectivity index is 2.44. The molecule has 1 N–H and O–H groups in total. The zero-order chi connectivity index (χ0) is 11.5. The number of pyridine rings is 1. The molecular weight excluding hydrogens is 205 g/mol. The zero-order valence-electron chi connectivity index (χ0n) is 8.89. The Morgan fingerprint density at radius 1 is 1.19 bits per heavy atom. The number of aliphatic hydroxyl groups is 1. The molecule has 1 heterocycles. The quantitative estimate of drug-likeness (QED) is 0.838. The van der Waals surface area contributed by atoms with Crippen LogP contribution in [0.15, 0.2) is 42.7 Å². The van der Waals surface area contributed by atoms with Gasteiger partial charge in [-0.3, -0.25) is 4.98 Å². The predicted octanol–water partition coefficient (Wildman–Crippen LogP) is 2.61. The third-order valence-electron chi connectivity index (χ3n) is 2.56. The van der Waals surface area contributed by atoms with Crippen LogP contribution in [0.3, 0.4) is 0 Å². The molecule has 2 aromatic rings. The van der Waals surface area contributed by atoms with E-state index in [1.807, 2.05) is 6.92 Å². The van der Waals surface area contributed by atoms with Crippen molar-refractivity contribution in [1.82, 2.24) is 4.98 Å². The van der Waals surface area contributed by atoms with E-state index in [1.165, 1.54) is 6.07 Å². The third-order valence-corrected chi connectivity index (χ3v) is 2.56. The average molecular weight is 217 g/mol. The van der Waals surface area contributed by atoms with Crippen molar-refractivity contribution in [3.05, 3.63) is 65.2 Å². The number of benzene rings is 1. The monoisotopic (exact) mass is 217 g/mol. The minimum atomic E-state index is -0.941. The van der Waals surface area contributed by atoms with Gasteiger partial charge in [0.05, 0.1) is 0 Å². The molecule has 0 bridgehead atoms. The molecule has 16 heavy (non-hydrogen) atoms. The van der Waals surface area contributed by atoms with Gasteiger partial charge in [-0.15, -0.1) is 0 Å². The fourth-order valence-corrected chi connectivity index (χ4v) is 1.66. The number of rotatable bonds is 2. The first-order chi connectivity index (χ1) is 7.70. The van der Waals surface area contributed by atoms with Crippen molar-refractivity contribution in [2.75, 3.05) is 0 Å². The largest absolute Gasteiger partial charge is 0.384 e. The SMILES string of the molecule is Cc1cnccc1C(O)c1ccccc1F. The molecule has 0 aliphatic carbocycles. The molecule has 0 aliphatic rings. The summed E-state index contributed by atoms with van der Waals surface area (Å²) in [6.45, 7) is 1.84. The smallest absolute Gasteiger partial charge is 0.129 e. The van der Waals surface area contributed by atoms with Crippen LogP contribution >= 0.6 is 0 Å². The van der Waals surface area contributed by atoms with Crippen molar-refractivity contribution in [3.8, 4) is 0 Å². The molecule has 0 spiro atoms. The molecule has 0 amide bonds. The molecule has 2 rings (SSSR count). The van der Waals surface area contributed by atoms with E-state index in [9.17, 15) is 9.50 Å². The minimum absolute atomic E-state index is 0.289. The van der Waals surface area contributed by atoms with Crippen LogP contribution in [0, 0.1) is 12.7 Å². The van der Waals surface area contributed by atoms with Crippen LogP contribution in [-0.4, -0.2) is 10.1 Å². The summed E-state index contributed by atoms with van der Waals surface area (Å²) in [5.41, 5.74) is 1.81. The van der Waals surface area contributed by atoms with Crippen LogP contribution in [0.5, 0.6) is 0 Å². The van der Waals surface area contributed by atoms with Gasteiger partial charge in [0.25, 0.3) is 0 Å². The van der Waals surface area contributed by atoms with Crippen molar-refractivity contribution < 1.29 is 9.50 Å². The fraction of sp³-hybridized carbons (Fsp3) is 0.154. The number of hydrogen-bond donors (Lipinski definition) is 1. The Hall–Kier alpha value is -1.74. The number of aryl methyl sites for hydroxylation is 1. The first-order valence-corrected chi connectivity index (χ1v) is 5.03. The van der Waals surface area contributed by atoms with Crippen molar-refractivity contribution in [1.29, 1.82) is 0 Å². The first kappa shape index (κ1) is 10.8. The van der Waals surface area contributed by atoms with Crippen LogP contribution < -0.4 is 0 Å². The van der Waals surface area contributed by atoms with E-state index in [-0.39, 0.29) is 5.56 Å². The van der Waals surface area contributed by atoms with Crippen molar-refractivity contribution in [3.63, 3.8) is 0 Å². The topological polar surface area (TPSA) is 33.1 Å². The van der Waals surface area contributed by atoms with Gasteiger partial charge in [0.2, 0.25) is 0 Å². The lowest BCUT2D eigenvalue weighted by molar-refractivity contribution is 0.214. The highest BCUT2D eigenvalue weighted by atomic mass is 19.1. The van der Waals surface area contributed by atoms with E-state index in [1.54, 1.807) is 36.7 Å². The summed E-state index contributed by atoms with van der Waals surface area (Å²) in [6, 6.07) is 7.94. The second kappa shape index (κ2) is 4.41. The molecule has 0 saturated carbocycles. The second-order valence-electron chi connectivity index (χ2n) is 3.66. The van der Waals surface area contributed by atoms with Crippen molar-refractivity contribution in [2.24, 2.45) is 0 Å². The summed E-state index contributed by atoms with van der Waals surface area (Å²) < 4.78 is 13.5. The minimum Gasteiger partial charge on any atom is -0.384 e. The first-order valence-electron chi connectivity index (χ1n) is 5.03. The van der Waals surface area contributed by atoms with E-state index < -0.39 is 11.9 Å². The molecule has 2 nitrogen and oxygen atoms in total. The van der Waals surface area contributed by atoms with Gasteiger partial charge in [-0.25, -0.2) is 4.39 Å². The summed E-state index contributed by atoms with van der Waals surface area (Å²) in [5.74, 6) is -0.397.